The van der Waals surface area contributed by atoms with Gasteiger partial charge in [-0.25, -0.2) is 4.79 Å². The van der Waals surface area contributed by atoms with Crippen molar-refractivity contribution in [2.45, 2.75) is 89.6 Å². The zero-order chi connectivity index (χ0) is 25.2. The molecule has 2 heterocycles. The molecule has 4 rings (SSSR count). The lowest BCUT2D eigenvalue weighted by molar-refractivity contribution is -0.264. The van der Waals surface area contributed by atoms with Gasteiger partial charge in [0, 0.05) is 31.3 Å². The molecule has 1 aromatic rings. The molecule has 0 N–H and O–H groups in total. The van der Waals surface area contributed by atoms with E-state index in [4.69, 9.17) is 20.6 Å². The van der Waals surface area contributed by atoms with Gasteiger partial charge in [-0.2, -0.15) is 0 Å². The van der Waals surface area contributed by atoms with Gasteiger partial charge in [-0.05, 0) is 55.6 Å². The molecule has 2 bridgehead atoms. The van der Waals surface area contributed by atoms with Gasteiger partial charge in [-0.1, -0.05) is 51.1 Å². The van der Waals surface area contributed by atoms with Crippen molar-refractivity contribution in [2.24, 2.45) is 23.7 Å². The lowest BCUT2D eigenvalue weighted by atomic mass is 9.69. The van der Waals surface area contributed by atoms with Crippen molar-refractivity contribution in [3.05, 3.63) is 42.0 Å². The molecule has 3 aliphatic rings. The third-order valence-corrected chi connectivity index (χ3v) is 8.58. The summed E-state index contributed by atoms with van der Waals surface area (Å²) in [7, 11) is 0. The summed E-state index contributed by atoms with van der Waals surface area (Å²) in [6.07, 6.45) is 11.9. The van der Waals surface area contributed by atoms with Crippen molar-refractivity contribution in [3.63, 3.8) is 0 Å². The summed E-state index contributed by atoms with van der Waals surface area (Å²) in [5.41, 5.74) is -0.348. The number of ether oxygens (including phenoxy) is 3. The highest BCUT2D eigenvalue weighted by Crippen LogP contribution is 2.63. The molecule has 0 aromatic heterocycles. The monoisotopic (exact) mass is 478 g/mol. The van der Waals surface area contributed by atoms with Gasteiger partial charge in [-0.15, -0.1) is 12.3 Å². The van der Waals surface area contributed by atoms with Crippen molar-refractivity contribution in [3.8, 4) is 12.3 Å². The number of rotatable bonds is 8. The van der Waals surface area contributed by atoms with Crippen LogP contribution in [0.4, 0.5) is 0 Å². The van der Waals surface area contributed by atoms with Crippen LogP contribution in [0.5, 0.6) is 0 Å². The molecule has 3 fully saturated rings. The minimum atomic E-state index is -0.700. The van der Waals surface area contributed by atoms with Crippen LogP contribution in [0.3, 0.4) is 0 Å². The highest BCUT2D eigenvalue weighted by Gasteiger charge is 2.72. The number of hydrogen-bond donors (Lipinski definition) is 0. The van der Waals surface area contributed by atoms with Gasteiger partial charge in [0.25, 0.3) is 0 Å². The molecule has 7 atom stereocenters. The Hall–Kier alpha value is -2.58. The summed E-state index contributed by atoms with van der Waals surface area (Å²) in [6, 6.07) is 9.71. The van der Waals surface area contributed by atoms with E-state index in [0.29, 0.717) is 31.6 Å². The van der Waals surface area contributed by atoms with Crippen LogP contribution >= 0.6 is 0 Å². The maximum atomic E-state index is 13.0. The van der Waals surface area contributed by atoms with E-state index in [1.807, 2.05) is 30.3 Å². The van der Waals surface area contributed by atoms with E-state index < -0.39 is 17.3 Å². The Morgan fingerprint density at radius 2 is 1.97 bits per heavy atom. The molecule has 188 valence electrons. The first-order valence-corrected chi connectivity index (χ1v) is 13.0. The Balaban J connectivity index is 1.60. The molecule has 1 unspecified atom stereocenters. The smallest absolute Gasteiger partial charge is 0.331 e. The van der Waals surface area contributed by atoms with Crippen LogP contribution < -0.4 is 0 Å². The first-order valence-electron chi connectivity index (χ1n) is 13.0. The molecular weight excluding hydrogens is 440 g/mol. The molecule has 1 aromatic carbocycles. The van der Waals surface area contributed by atoms with E-state index in [2.05, 4.69) is 33.6 Å². The lowest BCUT2D eigenvalue weighted by Crippen LogP contribution is -2.62. The number of terminal acetylenes is 1. The minimum Gasteiger partial charge on any atom is -0.459 e. The molecule has 1 aliphatic carbocycles. The van der Waals surface area contributed by atoms with Gasteiger partial charge < -0.3 is 14.2 Å². The quantitative estimate of drug-likeness (QED) is 0.211. The van der Waals surface area contributed by atoms with E-state index in [-0.39, 0.29) is 35.8 Å². The van der Waals surface area contributed by atoms with Crippen LogP contribution in [0, 0.1) is 36.0 Å². The molecule has 0 radical (unpaired) electrons. The number of hydrogen-bond acceptors (Lipinski definition) is 5. The third kappa shape index (κ3) is 4.78. The fourth-order valence-corrected chi connectivity index (χ4v) is 6.69. The highest BCUT2D eigenvalue weighted by molar-refractivity contribution is 5.87. The Labute approximate surface area is 209 Å². The summed E-state index contributed by atoms with van der Waals surface area (Å²) in [5.74, 6) is 2.77. The van der Waals surface area contributed by atoms with Gasteiger partial charge in [-0.3, -0.25) is 4.79 Å². The van der Waals surface area contributed by atoms with Crippen molar-refractivity contribution < 1.29 is 23.8 Å². The Morgan fingerprint density at radius 3 is 2.66 bits per heavy atom. The maximum absolute atomic E-state index is 13.0. The normalized spacial score (nSPS) is 35.6. The molecule has 5 heteroatoms. The average Bonchev–Trinajstić information content (AvgIpc) is 3.34. The van der Waals surface area contributed by atoms with Gasteiger partial charge in [0.1, 0.15) is 23.4 Å². The summed E-state index contributed by atoms with van der Waals surface area (Å²) in [5, 5.41) is 0. The standard InChI is InChI=1S/C30H38O5/c1-6-7-9-14-25(31)33-24-19-30(20(2)3)28(27-21(4)15-17-23(27)29(24,5)35-30)34-26(32)18-16-22-12-10-8-11-13-22/h1,8,10-13,16,18,20-21,23-24,27-28H,7,9,14-15,17,19H2,2-5H3/b18-16+/t21-,23?,24-,27-,28+,29+,30-/m1/s1. The van der Waals surface area contributed by atoms with E-state index in [1.165, 1.54) is 6.08 Å². The van der Waals surface area contributed by atoms with E-state index in [0.717, 1.165) is 18.4 Å². The largest absolute Gasteiger partial charge is 0.459 e. The predicted molar refractivity (Wildman–Crippen MR) is 135 cm³/mol. The van der Waals surface area contributed by atoms with Crippen molar-refractivity contribution >= 4 is 18.0 Å². The third-order valence-electron chi connectivity index (χ3n) is 8.58. The van der Waals surface area contributed by atoms with Crippen LogP contribution in [0.25, 0.3) is 6.08 Å². The number of benzene rings is 1. The highest BCUT2D eigenvalue weighted by atomic mass is 16.6. The van der Waals surface area contributed by atoms with E-state index in [9.17, 15) is 9.59 Å². The predicted octanol–water partition coefficient (Wildman–Crippen LogP) is 5.58. The van der Waals surface area contributed by atoms with Gasteiger partial charge in [0.2, 0.25) is 0 Å². The summed E-state index contributed by atoms with van der Waals surface area (Å²) >= 11 is 0. The number of carbonyl (C=O) groups excluding carboxylic acids is 2. The number of unbranched alkanes of at least 4 members (excludes halogenated alkanes) is 1. The van der Waals surface area contributed by atoms with Crippen LogP contribution in [-0.4, -0.2) is 35.3 Å². The van der Waals surface area contributed by atoms with Gasteiger partial charge in [0.05, 0.1) is 0 Å². The zero-order valence-corrected chi connectivity index (χ0v) is 21.4. The number of carbonyl (C=O) groups is 2. The molecule has 0 spiro atoms. The molecule has 5 nitrogen and oxygen atoms in total. The van der Waals surface area contributed by atoms with Crippen molar-refractivity contribution in [1.82, 2.24) is 0 Å². The Morgan fingerprint density at radius 1 is 1.23 bits per heavy atom. The SMILES string of the molecule is C#CCCCC(=O)O[C@@H]1C[C@]2(C(C)C)O[C@@]1(C)C1CC[C@@H](C)[C@H]1[C@@H]2OC(=O)/C=C/c1ccccc1. The van der Waals surface area contributed by atoms with Crippen molar-refractivity contribution in [2.75, 3.05) is 0 Å². The summed E-state index contributed by atoms with van der Waals surface area (Å²) in [4.78, 5) is 25.7. The van der Waals surface area contributed by atoms with E-state index in [1.54, 1.807) is 6.08 Å². The van der Waals surface area contributed by atoms with E-state index >= 15 is 0 Å². The number of esters is 2. The fourth-order valence-electron chi connectivity index (χ4n) is 6.69. The molecule has 35 heavy (non-hydrogen) atoms. The molecule has 2 saturated heterocycles. The fraction of sp³-hybridized carbons (Fsp3) is 0.600. The van der Waals surface area contributed by atoms with Crippen molar-refractivity contribution in [1.29, 1.82) is 0 Å². The Kier molecular flexibility index (Phi) is 7.43. The van der Waals surface area contributed by atoms with Gasteiger partial charge in [0.15, 0.2) is 0 Å². The van der Waals surface area contributed by atoms with Crippen LogP contribution in [0.15, 0.2) is 36.4 Å². The van der Waals surface area contributed by atoms with Gasteiger partial charge >= 0.3 is 11.9 Å². The summed E-state index contributed by atoms with van der Waals surface area (Å²) in [6.45, 7) is 8.56. The molecule has 2 aliphatic heterocycles. The van der Waals surface area contributed by atoms with Crippen LogP contribution in [-0.2, 0) is 23.8 Å². The average molecular weight is 479 g/mol. The summed E-state index contributed by atoms with van der Waals surface area (Å²) < 4.78 is 19.2. The minimum absolute atomic E-state index is 0.0802. The lowest BCUT2D eigenvalue weighted by Gasteiger charge is -2.52. The zero-order valence-electron chi connectivity index (χ0n) is 21.4. The Bertz CT molecular complexity index is 992. The second-order valence-electron chi connectivity index (χ2n) is 11.0. The molecule has 0 amide bonds. The first-order chi connectivity index (χ1) is 16.7. The second-order valence-corrected chi connectivity index (χ2v) is 11.0. The molecular formula is C30H38O5. The second kappa shape index (κ2) is 10.2. The molecule has 1 saturated carbocycles. The number of fused-ring (bicyclic) bond motifs is 4. The first kappa shape index (κ1) is 25.5. The topological polar surface area (TPSA) is 61.8 Å². The maximum Gasteiger partial charge on any atom is 0.331 e. The van der Waals surface area contributed by atoms with Crippen LogP contribution in [0.1, 0.15) is 71.8 Å². The van der Waals surface area contributed by atoms with Crippen LogP contribution in [0.2, 0.25) is 0 Å².